The fourth-order valence-electron chi connectivity index (χ4n) is 2.74. The third kappa shape index (κ3) is 3.13. The second-order valence-electron chi connectivity index (χ2n) is 5.27. The summed E-state index contributed by atoms with van der Waals surface area (Å²) in [5, 5.41) is 0. The number of benzene rings is 1. The number of aromatic nitrogens is 2. The normalized spacial score (nSPS) is 14.9. The molecule has 0 aliphatic carbocycles. The lowest BCUT2D eigenvalue weighted by Gasteiger charge is -2.37. The highest BCUT2D eigenvalue weighted by atomic mass is 19.1. The van der Waals surface area contributed by atoms with Crippen LogP contribution >= 0.6 is 0 Å². The van der Waals surface area contributed by atoms with Crippen LogP contribution in [0.4, 0.5) is 21.6 Å². The standard InChI is InChI=1S/C16H20FN5O/c1-2-23-16-14(18)15(19-11-20-16)22-9-7-21(8-10-22)13-6-4-3-5-12(13)17/h3-6,11H,2,7-10,18H2,1H3. The summed E-state index contributed by atoms with van der Waals surface area (Å²) in [6.45, 7) is 5.21. The molecule has 2 aromatic rings. The van der Waals surface area contributed by atoms with Gasteiger partial charge in [0.25, 0.3) is 0 Å². The molecule has 2 heterocycles. The molecule has 0 radical (unpaired) electrons. The number of ether oxygens (including phenoxy) is 1. The molecule has 6 nitrogen and oxygen atoms in total. The Kier molecular flexibility index (Phi) is 4.45. The second kappa shape index (κ2) is 6.68. The van der Waals surface area contributed by atoms with E-state index in [0.717, 1.165) is 0 Å². The molecule has 1 fully saturated rings. The zero-order valence-corrected chi connectivity index (χ0v) is 13.1. The second-order valence-corrected chi connectivity index (χ2v) is 5.27. The molecule has 0 amide bonds. The maximum absolute atomic E-state index is 13.9. The monoisotopic (exact) mass is 317 g/mol. The van der Waals surface area contributed by atoms with Gasteiger partial charge in [-0.2, -0.15) is 4.98 Å². The van der Waals surface area contributed by atoms with Crippen LogP contribution in [0.15, 0.2) is 30.6 Å². The Labute approximate surface area is 134 Å². The molecule has 0 unspecified atom stereocenters. The summed E-state index contributed by atoms with van der Waals surface area (Å²) < 4.78 is 19.3. The molecule has 1 aliphatic heterocycles. The van der Waals surface area contributed by atoms with E-state index in [0.29, 0.717) is 55.9 Å². The average Bonchev–Trinajstić information content (AvgIpc) is 2.58. The highest BCUT2D eigenvalue weighted by Crippen LogP contribution is 2.29. The van der Waals surface area contributed by atoms with Gasteiger partial charge in [0.2, 0.25) is 5.88 Å². The molecule has 0 saturated carbocycles. The summed E-state index contributed by atoms with van der Waals surface area (Å²) in [7, 11) is 0. The zero-order valence-electron chi connectivity index (χ0n) is 13.1. The first-order valence-electron chi connectivity index (χ1n) is 7.68. The topological polar surface area (TPSA) is 67.5 Å². The summed E-state index contributed by atoms with van der Waals surface area (Å²) in [5.41, 5.74) is 7.19. The zero-order chi connectivity index (χ0) is 16.2. The van der Waals surface area contributed by atoms with Crippen LogP contribution in [0.1, 0.15) is 6.92 Å². The van der Waals surface area contributed by atoms with Gasteiger partial charge < -0.3 is 20.3 Å². The Balaban J connectivity index is 1.72. The number of hydrogen-bond donors (Lipinski definition) is 1. The van der Waals surface area contributed by atoms with E-state index in [1.54, 1.807) is 12.1 Å². The van der Waals surface area contributed by atoms with Crippen molar-refractivity contribution in [2.75, 3.05) is 48.3 Å². The first-order valence-corrected chi connectivity index (χ1v) is 7.68. The molecule has 1 aromatic carbocycles. The van der Waals surface area contributed by atoms with E-state index in [-0.39, 0.29) is 5.82 Å². The fraction of sp³-hybridized carbons (Fsp3) is 0.375. The van der Waals surface area contributed by atoms with Gasteiger partial charge in [0.05, 0.1) is 12.3 Å². The molecule has 1 saturated heterocycles. The number of nitrogens with two attached hydrogens (primary N) is 1. The van der Waals surface area contributed by atoms with E-state index in [1.807, 2.05) is 17.9 Å². The molecule has 1 aromatic heterocycles. The van der Waals surface area contributed by atoms with Gasteiger partial charge in [0, 0.05) is 26.2 Å². The summed E-state index contributed by atoms with van der Waals surface area (Å²) in [4.78, 5) is 12.4. The lowest BCUT2D eigenvalue weighted by molar-refractivity contribution is 0.328. The van der Waals surface area contributed by atoms with Crippen molar-refractivity contribution in [1.29, 1.82) is 0 Å². The molecular formula is C16H20FN5O. The van der Waals surface area contributed by atoms with Crippen LogP contribution in [0.5, 0.6) is 5.88 Å². The van der Waals surface area contributed by atoms with Crippen molar-refractivity contribution < 1.29 is 9.13 Å². The number of anilines is 3. The van der Waals surface area contributed by atoms with E-state index in [2.05, 4.69) is 14.9 Å². The Hall–Kier alpha value is -2.57. The third-order valence-electron chi connectivity index (χ3n) is 3.88. The van der Waals surface area contributed by atoms with Gasteiger partial charge >= 0.3 is 0 Å². The Morgan fingerprint density at radius 3 is 2.52 bits per heavy atom. The number of nitrogens with zero attached hydrogens (tertiary/aromatic N) is 4. The minimum absolute atomic E-state index is 0.193. The molecule has 3 rings (SSSR count). The minimum atomic E-state index is -0.193. The number of rotatable bonds is 4. The van der Waals surface area contributed by atoms with Gasteiger partial charge in [-0.3, -0.25) is 0 Å². The van der Waals surface area contributed by atoms with Crippen LogP contribution in [0.3, 0.4) is 0 Å². The molecule has 122 valence electrons. The van der Waals surface area contributed by atoms with Crippen LogP contribution in [-0.4, -0.2) is 42.8 Å². The van der Waals surface area contributed by atoms with Crippen molar-refractivity contribution in [2.24, 2.45) is 0 Å². The van der Waals surface area contributed by atoms with Gasteiger partial charge in [-0.05, 0) is 19.1 Å². The van der Waals surface area contributed by atoms with Crippen LogP contribution in [0.2, 0.25) is 0 Å². The predicted octanol–water partition coefficient (Wildman–Crippen LogP) is 1.92. The van der Waals surface area contributed by atoms with Gasteiger partial charge in [-0.25, -0.2) is 9.37 Å². The van der Waals surface area contributed by atoms with Gasteiger partial charge in [0.15, 0.2) is 5.82 Å². The molecule has 23 heavy (non-hydrogen) atoms. The van der Waals surface area contributed by atoms with E-state index in [4.69, 9.17) is 10.5 Å². The number of hydrogen-bond acceptors (Lipinski definition) is 6. The van der Waals surface area contributed by atoms with Crippen molar-refractivity contribution in [3.8, 4) is 5.88 Å². The number of nitrogen functional groups attached to an aromatic ring is 1. The predicted molar refractivity (Wildman–Crippen MR) is 88.4 cm³/mol. The molecular weight excluding hydrogens is 297 g/mol. The van der Waals surface area contributed by atoms with Gasteiger partial charge in [-0.1, -0.05) is 12.1 Å². The average molecular weight is 317 g/mol. The summed E-state index contributed by atoms with van der Waals surface area (Å²) in [6, 6.07) is 6.84. The highest BCUT2D eigenvalue weighted by molar-refractivity contribution is 5.68. The summed E-state index contributed by atoms with van der Waals surface area (Å²) in [5.74, 6) is 0.895. The number of para-hydroxylation sites is 1. The summed E-state index contributed by atoms with van der Waals surface area (Å²) in [6.07, 6.45) is 1.46. The quantitative estimate of drug-likeness (QED) is 0.929. The van der Waals surface area contributed by atoms with E-state index >= 15 is 0 Å². The maximum atomic E-state index is 13.9. The Morgan fingerprint density at radius 1 is 1.13 bits per heavy atom. The molecule has 0 bridgehead atoms. The maximum Gasteiger partial charge on any atom is 0.242 e. The highest BCUT2D eigenvalue weighted by Gasteiger charge is 2.23. The lowest BCUT2D eigenvalue weighted by atomic mass is 10.2. The minimum Gasteiger partial charge on any atom is -0.476 e. The molecule has 7 heteroatoms. The number of piperazine rings is 1. The van der Waals surface area contributed by atoms with E-state index in [1.165, 1.54) is 12.4 Å². The Morgan fingerprint density at radius 2 is 1.83 bits per heavy atom. The first kappa shape index (κ1) is 15.3. The largest absolute Gasteiger partial charge is 0.476 e. The Bertz CT molecular complexity index is 673. The molecule has 2 N–H and O–H groups in total. The van der Waals surface area contributed by atoms with Crippen molar-refractivity contribution in [2.45, 2.75) is 6.92 Å². The third-order valence-corrected chi connectivity index (χ3v) is 3.88. The smallest absolute Gasteiger partial charge is 0.242 e. The van der Waals surface area contributed by atoms with Crippen LogP contribution in [0, 0.1) is 5.82 Å². The van der Waals surface area contributed by atoms with Gasteiger partial charge in [0.1, 0.15) is 17.8 Å². The van der Waals surface area contributed by atoms with Crippen molar-refractivity contribution in [3.05, 3.63) is 36.4 Å². The SMILES string of the molecule is CCOc1ncnc(N2CCN(c3ccccc3F)CC2)c1N. The number of halogens is 1. The first-order chi connectivity index (χ1) is 11.2. The van der Waals surface area contributed by atoms with E-state index in [9.17, 15) is 4.39 Å². The van der Waals surface area contributed by atoms with E-state index < -0.39 is 0 Å². The lowest BCUT2D eigenvalue weighted by Crippen LogP contribution is -2.47. The molecule has 1 aliphatic rings. The summed E-state index contributed by atoms with van der Waals surface area (Å²) >= 11 is 0. The van der Waals surface area contributed by atoms with Crippen LogP contribution < -0.4 is 20.3 Å². The van der Waals surface area contributed by atoms with Gasteiger partial charge in [-0.15, -0.1) is 0 Å². The van der Waals surface area contributed by atoms with Crippen molar-refractivity contribution in [3.63, 3.8) is 0 Å². The fourth-order valence-corrected chi connectivity index (χ4v) is 2.74. The van der Waals surface area contributed by atoms with Crippen molar-refractivity contribution >= 4 is 17.2 Å². The molecule has 0 spiro atoms. The van der Waals surface area contributed by atoms with Crippen LogP contribution in [-0.2, 0) is 0 Å². The molecule has 0 atom stereocenters. The van der Waals surface area contributed by atoms with Crippen molar-refractivity contribution in [1.82, 2.24) is 9.97 Å². The van der Waals surface area contributed by atoms with Crippen LogP contribution in [0.25, 0.3) is 0 Å².